The van der Waals surface area contributed by atoms with Gasteiger partial charge in [-0.25, -0.2) is 9.59 Å². The molecule has 1 fully saturated rings. The summed E-state index contributed by atoms with van der Waals surface area (Å²) in [6.07, 6.45) is 0.0374. The van der Waals surface area contributed by atoms with Gasteiger partial charge in [-0.1, -0.05) is 0 Å². The fraction of sp³-hybridized carbons (Fsp3) is 0.842. The summed E-state index contributed by atoms with van der Waals surface area (Å²) >= 11 is 0. The number of carboxylic acids is 1. The lowest BCUT2D eigenvalue weighted by Crippen LogP contribution is -2.58. The van der Waals surface area contributed by atoms with Crippen molar-refractivity contribution in [1.82, 2.24) is 10.2 Å². The molecule has 0 saturated carbocycles. The molecule has 8 nitrogen and oxygen atoms in total. The maximum absolute atomic E-state index is 12.4. The Kier molecular flexibility index (Phi) is 7.13. The Bertz CT molecular complexity index is 564. The lowest BCUT2D eigenvalue weighted by atomic mass is 9.78. The molecule has 27 heavy (non-hydrogen) atoms. The third-order valence-corrected chi connectivity index (χ3v) is 4.28. The molecule has 1 heterocycles. The van der Waals surface area contributed by atoms with Gasteiger partial charge in [0, 0.05) is 19.0 Å². The third-order valence-electron chi connectivity index (χ3n) is 4.28. The first kappa shape index (κ1) is 23.0. The van der Waals surface area contributed by atoms with Crippen LogP contribution in [0.15, 0.2) is 0 Å². The molecule has 0 aromatic heterocycles. The molecule has 2 atom stereocenters. The zero-order valence-electron chi connectivity index (χ0n) is 17.5. The maximum atomic E-state index is 12.4. The molecular formula is C19H34N2O6. The molecule has 1 saturated heterocycles. The van der Waals surface area contributed by atoms with Gasteiger partial charge in [0.05, 0.1) is 12.0 Å². The van der Waals surface area contributed by atoms with Gasteiger partial charge < -0.3 is 24.8 Å². The van der Waals surface area contributed by atoms with Crippen molar-refractivity contribution < 1.29 is 29.0 Å². The van der Waals surface area contributed by atoms with Gasteiger partial charge in [0.2, 0.25) is 0 Å². The van der Waals surface area contributed by atoms with E-state index < -0.39 is 34.9 Å². The highest BCUT2D eigenvalue weighted by atomic mass is 16.6. The van der Waals surface area contributed by atoms with Gasteiger partial charge in [-0.05, 0) is 61.3 Å². The first-order chi connectivity index (χ1) is 12.1. The molecule has 0 aliphatic carbocycles. The molecular weight excluding hydrogens is 352 g/mol. The van der Waals surface area contributed by atoms with E-state index in [4.69, 9.17) is 9.47 Å². The van der Waals surface area contributed by atoms with Crippen LogP contribution in [0.3, 0.4) is 0 Å². The number of carbonyl (C=O) groups is 3. The van der Waals surface area contributed by atoms with E-state index in [2.05, 4.69) is 5.32 Å². The minimum Gasteiger partial charge on any atom is -0.481 e. The van der Waals surface area contributed by atoms with Crippen LogP contribution < -0.4 is 5.32 Å². The lowest BCUT2D eigenvalue weighted by molar-refractivity contribution is -0.139. The molecule has 156 valence electrons. The van der Waals surface area contributed by atoms with Gasteiger partial charge in [-0.15, -0.1) is 0 Å². The predicted molar refractivity (Wildman–Crippen MR) is 101 cm³/mol. The van der Waals surface area contributed by atoms with Crippen molar-refractivity contribution in [3.63, 3.8) is 0 Å². The van der Waals surface area contributed by atoms with E-state index in [0.29, 0.717) is 25.9 Å². The molecule has 0 radical (unpaired) electrons. The van der Waals surface area contributed by atoms with Gasteiger partial charge in [-0.3, -0.25) is 4.79 Å². The molecule has 2 N–H and O–H groups in total. The minimum absolute atomic E-state index is 0.234. The van der Waals surface area contributed by atoms with Gasteiger partial charge >= 0.3 is 18.2 Å². The second-order valence-electron chi connectivity index (χ2n) is 9.38. The lowest BCUT2D eigenvalue weighted by Gasteiger charge is -2.43. The van der Waals surface area contributed by atoms with Crippen molar-refractivity contribution in [3.8, 4) is 0 Å². The van der Waals surface area contributed by atoms with Crippen LogP contribution in [-0.2, 0) is 14.3 Å². The first-order valence-corrected chi connectivity index (χ1v) is 9.32. The van der Waals surface area contributed by atoms with Crippen LogP contribution in [0, 0.1) is 5.92 Å². The Labute approximate surface area is 161 Å². The smallest absolute Gasteiger partial charge is 0.410 e. The zero-order valence-corrected chi connectivity index (χ0v) is 17.5. The highest BCUT2D eigenvalue weighted by Crippen LogP contribution is 2.31. The molecule has 2 amide bonds. The van der Waals surface area contributed by atoms with Gasteiger partial charge in [0.15, 0.2) is 0 Å². The number of rotatable bonds is 4. The topological polar surface area (TPSA) is 105 Å². The number of ether oxygens (including phenoxy) is 2. The number of hydrogen-bond acceptors (Lipinski definition) is 5. The Balaban J connectivity index is 2.93. The number of nitrogens with zero attached hydrogens (tertiary/aromatic N) is 1. The van der Waals surface area contributed by atoms with Crippen molar-refractivity contribution >= 4 is 18.2 Å². The summed E-state index contributed by atoms with van der Waals surface area (Å²) in [4.78, 5) is 37.7. The average molecular weight is 386 g/mol. The normalized spacial score (nSPS) is 20.4. The molecule has 0 bridgehead atoms. The largest absolute Gasteiger partial charge is 0.481 e. The molecule has 1 rings (SSSR count). The summed E-state index contributed by atoms with van der Waals surface area (Å²) in [5, 5.41) is 12.1. The van der Waals surface area contributed by atoms with Gasteiger partial charge in [0.25, 0.3) is 0 Å². The second-order valence-corrected chi connectivity index (χ2v) is 9.38. The highest BCUT2D eigenvalue weighted by molar-refractivity contribution is 5.73. The number of carboxylic acid groups (broad SMARTS) is 1. The van der Waals surface area contributed by atoms with Crippen molar-refractivity contribution in [3.05, 3.63) is 0 Å². The number of amides is 2. The van der Waals surface area contributed by atoms with Crippen LogP contribution in [0.4, 0.5) is 9.59 Å². The molecule has 1 aliphatic heterocycles. The highest BCUT2D eigenvalue weighted by Gasteiger charge is 2.42. The van der Waals surface area contributed by atoms with Crippen LogP contribution in [0.1, 0.15) is 67.7 Å². The molecule has 2 unspecified atom stereocenters. The number of likely N-dealkylation sites (tertiary alicyclic amines) is 1. The van der Waals surface area contributed by atoms with Crippen LogP contribution >= 0.6 is 0 Å². The molecule has 8 heteroatoms. The first-order valence-electron chi connectivity index (χ1n) is 9.32. The molecule has 1 aliphatic rings. The van der Waals surface area contributed by atoms with E-state index >= 15 is 0 Å². The van der Waals surface area contributed by atoms with E-state index in [9.17, 15) is 19.5 Å². The Hall–Kier alpha value is -1.99. The van der Waals surface area contributed by atoms with Crippen LogP contribution in [0.2, 0.25) is 0 Å². The number of aliphatic carboxylic acids is 1. The summed E-state index contributed by atoms with van der Waals surface area (Å²) in [7, 11) is 0. The van der Waals surface area contributed by atoms with Gasteiger partial charge in [0.1, 0.15) is 11.2 Å². The van der Waals surface area contributed by atoms with Crippen molar-refractivity contribution in [2.75, 3.05) is 13.1 Å². The molecule has 0 aromatic carbocycles. The van der Waals surface area contributed by atoms with Crippen molar-refractivity contribution in [2.24, 2.45) is 5.92 Å². The van der Waals surface area contributed by atoms with Crippen LogP contribution in [0.25, 0.3) is 0 Å². The molecule has 0 aromatic rings. The number of nitrogens with one attached hydrogen (secondary N) is 1. The van der Waals surface area contributed by atoms with Crippen molar-refractivity contribution in [1.29, 1.82) is 0 Å². The summed E-state index contributed by atoms with van der Waals surface area (Å²) in [5.41, 5.74) is -2.35. The summed E-state index contributed by atoms with van der Waals surface area (Å²) in [6.45, 7) is 13.2. The number of piperidine rings is 1. The average Bonchev–Trinajstić information content (AvgIpc) is 2.42. The number of carbonyl (C=O) groups excluding carboxylic acids is 2. The van der Waals surface area contributed by atoms with E-state index in [-0.39, 0.29) is 12.3 Å². The predicted octanol–water partition coefficient (Wildman–Crippen LogP) is 3.39. The van der Waals surface area contributed by atoms with Crippen LogP contribution in [0.5, 0.6) is 0 Å². The third kappa shape index (κ3) is 8.05. The molecule has 0 spiro atoms. The van der Waals surface area contributed by atoms with E-state index in [1.165, 1.54) is 0 Å². The minimum atomic E-state index is -1.05. The maximum Gasteiger partial charge on any atom is 0.410 e. The fourth-order valence-electron chi connectivity index (χ4n) is 3.13. The Morgan fingerprint density at radius 2 is 1.59 bits per heavy atom. The van der Waals surface area contributed by atoms with E-state index in [1.807, 2.05) is 0 Å². The van der Waals surface area contributed by atoms with Gasteiger partial charge in [-0.2, -0.15) is 0 Å². The SMILES string of the molecule is CC(C)(C)OC(=O)NC(C)(CC(=O)O)C1CCCN(C(=O)OC(C)(C)C)C1. The zero-order chi connectivity index (χ0) is 21.0. The summed E-state index contributed by atoms with van der Waals surface area (Å²) in [5.74, 6) is -1.26. The quantitative estimate of drug-likeness (QED) is 0.767. The summed E-state index contributed by atoms with van der Waals surface area (Å²) < 4.78 is 10.7. The number of alkyl carbamates (subject to hydrolysis) is 1. The summed E-state index contributed by atoms with van der Waals surface area (Å²) in [6, 6.07) is 0. The number of hydrogen-bond donors (Lipinski definition) is 2. The van der Waals surface area contributed by atoms with Crippen LogP contribution in [-0.4, -0.2) is 58.0 Å². The van der Waals surface area contributed by atoms with Crippen molar-refractivity contribution in [2.45, 2.75) is 84.5 Å². The van der Waals surface area contributed by atoms with E-state index in [1.54, 1.807) is 53.4 Å². The van der Waals surface area contributed by atoms with E-state index in [0.717, 1.165) is 0 Å². The second kappa shape index (κ2) is 8.35. The monoisotopic (exact) mass is 386 g/mol. The fourth-order valence-corrected chi connectivity index (χ4v) is 3.13. The Morgan fingerprint density at radius 3 is 2.07 bits per heavy atom. The Morgan fingerprint density at radius 1 is 1.04 bits per heavy atom. The standard InChI is InChI=1S/C19H34N2O6/c1-17(2,3)26-15(24)20-19(7,11-14(22)23)13-9-8-10-21(12-13)16(25)27-18(4,5)6/h13H,8-12H2,1-7H3,(H,20,24)(H,22,23).